The van der Waals surface area contributed by atoms with Gasteiger partial charge in [-0.3, -0.25) is 0 Å². The Hall–Kier alpha value is -0.930. The van der Waals surface area contributed by atoms with Crippen LogP contribution in [0.3, 0.4) is 0 Å². The number of nitrogens with zero attached hydrogens (tertiary/aromatic N) is 1. The first-order valence-corrected chi connectivity index (χ1v) is 9.22. The minimum absolute atomic E-state index is 0.702. The standard InChI is InChI=1S/C18H28N2S/c1-4-21-11-5-9-20-10-8-17-7-6-16(12-18(17)20)14-19-13-15(2)3/h6-8,10,12,15,19H,4-5,9,11,13-14H2,1-3H3. The summed E-state index contributed by atoms with van der Waals surface area (Å²) >= 11 is 2.03. The molecule has 0 saturated heterocycles. The van der Waals surface area contributed by atoms with Crippen LogP contribution in [0.1, 0.15) is 32.8 Å². The molecule has 2 nitrogen and oxygen atoms in total. The maximum Gasteiger partial charge on any atom is 0.0483 e. The van der Waals surface area contributed by atoms with E-state index in [4.69, 9.17) is 0 Å². The third-order valence-corrected chi connectivity index (χ3v) is 4.60. The van der Waals surface area contributed by atoms with Crippen LogP contribution >= 0.6 is 11.8 Å². The summed E-state index contributed by atoms with van der Waals surface area (Å²) in [6, 6.07) is 9.06. The van der Waals surface area contributed by atoms with Crippen LogP contribution in [0.5, 0.6) is 0 Å². The minimum Gasteiger partial charge on any atom is -0.347 e. The molecule has 0 radical (unpaired) electrons. The molecule has 0 atom stereocenters. The molecule has 116 valence electrons. The fourth-order valence-corrected chi connectivity index (χ4v) is 3.14. The van der Waals surface area contributed by atoms with E-state index in [2.05, 4.69) is 61.1 Å². The highest BCUT2D eigenvalue weighted by atomic mass is 32.2. The van der Waals surface area contributed by atoms with Crippen molar-refractivity contribution in [3.05, 3.63) is 36.0 Å². The number of aromatic nitrogens is 1. The first-order valence-electron chi connectivity index (χ1n) is 8.07. The molecule has 1 heterocycles. The molecule has 0 aliphatic carbocycles. The summed E-state index contributed by atoms with van der Waals surface area (Å²) in [6.45, 7) is 9.88. The molecule has 0 bridgehead atoms. The van der Waals surface area contributed by atoms with Crippen LogP contribution in [-0.2, 0) is 13.1 Å². The van der Waals surface area contributed by atoms with Gasteiger partial charge in [-0.05, 0) is 53.5 Å². The van der Waals surface area contributed by atoms with Crippen LogP contribution in [0, 0.1) is 5.92 Å². The average molecular weight is 305 g/mol. The van der Waals surface area contributed by atoms with Gasteiger partial charge in [-0.1, -0.05) is 32.9 Å². The van der Waals surface area contributed by atoms with Crippen molar-refractivity contribution in [2.24, 2.45) is 5.92 Å². The van der Waals surface area contributed by atoms with Crippen LogP contribution < -0.4 is 5.32 Å². The van der Waals surface area contributed by atoms with Gasteiger partial charge < -0.3 is 9.88 Å². The Labute approximate surface area is 133 Å². The van der Waals surface area contributed by atoms with Crippen molar-refractivity contribution in [2.45, 2.75) is 40.3 Å². The molecule has 0 spiro atoms. The van der Waals surface area contributed by atoms with E-state index in [1.54, 1.807) is 0 Å². The summed E-state index contributed by atoms with van der Waals surface area (Å²) in [5.74, 6) is 3.18. The lowest BCUT2D eigenvalue weighted by Crippen LogP contribution is -2.18. The van der Waals surface area contributed by atoms with Crippen LogP contribution in [-0.4, -0.2) is 22.6 Å². The topological polar surface area (TPSA) is 17.0 Å². The van der Waals surface area contributed by atoms with Gasteiger partial charge in [0.15, 0.2) is 0 Å². The van der Waals surface area contributed by atoms with Crippen molar-refractivity contribution in [1.29, 1.82) is 0 Å². The summed E-state index contributed by atoms with van der Waals surface area (Å²) in [5.41, 5.74) is 2.76. The molecule has 2 rings (SSSR count). The summed E-state index contributed by atoms with van der Waals surface area (Å²) in [4.78, 5) is 0. The van der Waals surface area contributed by atoms with Crippen molar-refractivity contribution in [3.8, 4) is 0 Å². The molecular weight excluding hydrogens is 276 g/mol. The van der Waals surface area contributed by atoms with E-state index in [9.17, 15) is 0 Å². The molecule has 0 aliphatic heterocycles. The van der Waals surface area contributed by atoms with Gasteiger partial charge in [-0.15, -0.1) is 0 Å². The van der Waals surface area contributed by atoms with Crippen LogP contribution in [0.15, 0.2) is 30.5 Å². The fraction of sp³-hybridized carbons (Fsp3) is 0.556. The maximum absolute atomic E-state index is 3.52. The zero-order chi connectivity index (χ0) is 15.1. The zero-order valence-corrected chi connectivity index (χ0v) is 14.4. The highest BCUT2D eigenvalue weighted by molar-refractivity contribution is 7.99. The quantitative estimate of drug-likeness (QED) is 0.685. The van der Waals surface area contributed by atoms with Crippen molar-refractivity contribution in [3.63, 3.8) is 0 Å². The Morgan fingerprint density at radius 1 is 1.24 bits per heavy atom. The molecule has 1 aromatic heterocycles. The molecule has 0 amide bonds. The molecule has 1 N–H and O–H groups in total. The second-order valence-corrected chi connectivity index (χ2v) is 7.37. The second-order valence-electron chi connectivity index (χ2n) is 5.98. The van der Waals surface area contributed by atoms with Crippen molar-refractivity contribution in [2.75, 3.05) is 18.1 Å². The van der Waals surface area contributed by atoms with E-state index >= 15 is 0 Å². The van der Waals surface area contributed by atoms with Crippen molar-refractivity contribution in [1.82, 2.24) is 9.88 Å². The smallest absolute Gasteiger partial charge is 0.0483 e. The highest BCUT2D eigenvalue weighted by Crippen LogP contribution is 2.18. The van der Waals surface area contributed by atoms with E-state index < -0.39 is 0 Å². The van der Waals surface area contributed by atoms with Gasteiger partial charge in [0.2, 0.25) is 0 Å². The molecular formula is C18H28N2S. The van der Waals surface area contributed by atoms with Gasteiger partial charge in [0.1, 0.15) is 0 Å². The molecule has 0 fully saturated rings. The molecule has 2 aromatic rings. The maximum atomic E-state index is 3.52. The number of thioether (sulfide) groups is 1. The Morgan fingerprint density at radius 3 is 2.86 bits per heavy atom. The van der Waals surface area contributed by atoms with Gasteiger partial charge in [0.25, 0.3) is 0 Å². The minimum atomic E-state index is 0.702. The normalized spacial score (nSPS) is 11.6. The average Bonchev–Trinajstić information content (AvgIpc) is 2.86. The summed E-state index contributed by atoms with van der Waals surface area (Å²) in [7, 11) is 0. The Bertz CT molecular complexity index is 545. The Balaban J connectivity index is 1.99. The molecule has 0 saturated carbocycles. The lowest BCUT2D eigenvalue weighted by atomic mass is 10.1. The number of aryl methyl sites for hydroxylation is 1. The van der Waals surface area contributed by atoms with E-state index in [1.807, 2.05) is 11.8 Å². The number of benzene rings is 1. The SMILES string of the molecule is CCSCCCn1ccc2ccc(CNCC(C)C)cc21. The van der Waals surface area contributed by atoms with E-state index in [-0.39, 0.29) is 0 Å². The molecule has 3 heteroatoms. The van der Waals surface area contributed by atoms with Crippen LogP contribution in [0.4, 0.5) is 0 Å². The van der Waals surface area contributed by atoms with E-state index in [0.717, 1.165) is 19.6 Å². The third kappa shape index (κ3) is 5.08. The van der Waals surface area contributed by atoms with Crippen LogP contribution in [0.25, 0.3) is 10.9 Å². The van der Waals surface area contributed by atoms with Gasteiger partial charge >= 0.3 is 0 Å². The molecule has 0 aliphatic rings. The van der Waals surface area contributed by atoms with Crippen molar-refractivity contribution >= 4 is 22.7 Å². The molecule has 1 aromatic carbocycles. The van der Waals surface area contributed by atoms with Gasteiger partial charge in [-0.25, -0.2) is 0 Å². The zero-order valence-electron chi connectivity index (χ0n) is 13.6. The third-order valence-electron chi connectivity index (χ3n) is 3.61. The van der Waals surface area contributed by atoms with Gasteiger partial charge in [0, 0.05) is 24.8 Å². The van der Waals surface area contributed by atoms with Crippen molar-refractivity contribution < 1.29 is 0 Å². The number of nitrogens with one attached hydrogen (secondary N) is 1. The fourth-order valence-electron chi connectivity index (χ4n) is 2.52. The number of hydrogen-bond donors (Lipinski definition) is 1. The van der Waals surface area contributed by atoms with E-state index in [1.165, 1.54) is 34.4 Å². The highest BCUT2D eigenvalue weighted by Gasteiger charge is 2.03. The molecule has 0 unspecified atom stereocenters. The second kappa shape index (κ2) is 8.50. The Kier molecular flexibility index (Phi) is 6.65. The Morgan fingerprint density at radius 2 is 2.10 bits per heavy atom. The van der Waals surface area contributed by atoms with Crippen LogP contribution in [0.2, 0.25) is 0 Å². The first kappa shape index (κ1) is 16.4. The number of fused-ring (bicyclic) bond motifs is 1. The summed E-state index contributed by atoms with van der Waals surface area (Å²) in [5, 5.41) is 4.88. The lowest BCUT2D eigenvalue weighted by molar-refractivity contribution is 0.552. The first-order chi connectivity index (χ1) is 10.2. The van der Waals surface area contributed by atoms with E-state index in [0.29, 0.717) is 5.92 Å². The van der Waals surface area contributed by atoms with Gasteiger partial charge in [-0.2, -0.15) is 11.8 Å². The monoisotopic (exact) mass is 304 g/mol. The summed E-state index contributed by atoms with van der Waals surface area (Å²) in [6.07, 6.45) is 3.48. The predicted octanol–water partition coefficient (Wildman–Crippen LogP) is 4.53. The molecule has 21 heavy (non-hydrogen) atoms. The predicted molar refractivity (Wildman–Crippen MR) is 96.1 cm³/mol. The number of rotatable bonds is 9. The number of hydrogen-bond acceptors (Lipinski definition) is 2. The largest absolute Gasteiger partial charge is 0.347 e. The lowest BCUT2D eigenvalue weighted by Gasteiger charge is -2.09. The van der Waals surface area contributed by atoms with Gasteiger partial charge in [0.05, 0.1) is 0 Å². The summed E-state index contributed by atoms with van der Waals surface area (Å²) < 4.78 is 2.40.